The summed E-state index contributed by atoms with van der Waals surface area (Å²) in [5.74, 6) is -1.86. The highest BCUT2D eigenvalue weighted by atomic mass is 16.4. The molecule has 0 saturated heterocycles. The molecule has 19 heavy (non-hydrogen) atoms. The molecule has 0 bridgehead atoms. The van der Waals surface area contributed by atoms with Gasteiger partial charge >= 0.3 is 0 Å². The average molecular weight is 264 g/mol. The molecule has 0 heterocycles. The van der Waals surface area contributed by atoms with E-state index >= 15 is 0 Å². The Morgan fingerprint density at radius 1 is 1.26 bits per heavy atom. The van der Waals surface area contributed by atoms with Crippen molar-refractivity contribution in [3.8, 4) is 0 Å². The number of quaternary nitrogens is 1. The van der Waals surface area contributed by atoms with Crippen LogP contribution in [-0.2, 0) is 16.0 Å². The number of aliphatic carboxylic acids is 1. The van der Waals surface area contributed by atoms with Gasteiger partial charge in [0.05, 0.1) is 12.0 Å². The van der Waals surface area contributed by atoms with Gasteiger partial charge in [0.25, 0.3) is 5.91 Å². The van der Waals surface area contributed by atoms with Crippen LogP contribution >= 0.6 is 0 Å². The summed E-state index contributed by atoms with van der Waals surface area (Å²) in [6.07, 6.45) is 0.477. The first-order valence-electron chi connectivity index (χ1n) is 6.30. The van der Waals surface area contributed by atoms with Gasteiger partial charge in [-0.1, -0.05) is 44.2 Å². The number of amides is 1. The third-order valence-corrected chi connectivity index (χ3v) is 2.91. The quantitative estimate of drug-likeness (QED) is 0.670. The number of hydrogen-bond donors (Lipinski definition) is 2. The van der Waals surface area contributed by atoms with Gasteiger partial charge in [-0.2, -0.15) is 0 Å². The molecule has 0 saturated carbocycles. The molecular weight excluding hydrogens is 244 g/mol. The van der Waals surface area contributed by atoms with Crippen molar-refractivity contribution in [2.24, 2.45) is 5.92 Å². The zero-order valence-electron chi connectivity index (χ0n) is 11.3. The Morgan fingerprint density at radius 2 is 1.84 bits per heavy atom. The summed E-state index contributed by atoms with van der Waals surface area (Å²) in [5.41, 5.74) is 4.77. The zero-order chi connectivity index (χ0) is 14.4. The Bertz CT molecular complexity index is 432. The van der Waals surface area contributed by atoms with Crippen LogP contribution < -0.4 is 16.2 Å². The molecule has 4 N–H and O–H groups in total. The van der Waals surface area contributed by atoms with Crippen molar-refractivity contribution >= 4 is 11.9 Å². The van der Waals surface area contributed by atoms with Crippen LogP contribution in [0.15, 0.2) is 30.3 Å². The Morgan fingerprint density at radius 3 is 2.32 bits per heavy atom. The second-order valence-electron chi connectivity index (χ2n) is 4.94. The van der Waals surface area contributed by atoms with Crippen LogP contribution in [0.1, 0.15) is 19.4 Å². The number of carboxylic acids is 1. The van der Waals surface area contributed by atoms with Gasteiger partial charge in [-0.25, -0.2) is 0 Å². The third-order valence-electron chi connectivity index (χ3n) is 2.91. The standard InChI is InChI=1S/C14H20N2O3/c1-9(2)12(14(18)19)16-13(17)11(15)8-10-6-4-3-5-7-10/h3-7,9,11-12H,8,15H2,1-2H3,(H,16,17)(H,18,19)/t11-,12-/m0/s1. The Labute approximate surface area is 112 Å². The van der Waals surface area contributed by atoms with Crippen LogP contribution in [-0.4, -0.2) is 24.0 Å². The predicted octanol–water partition coefficient (Wildman–Crippen LogP) is -1.27. The lowest BCUT2D eigenvalue weighted by molar-refractivity contribution is -0.403. The highest BCUT2D eigenvalue weighted by Crippen LogP contribution is 2.03. The molecular formula is C14H20N2O3. The number of benzene rings is 1. The van der Waals surface area contributed by atoms with E-state index in [0.717, 1.165) is 5.56 Å². The van der Waals surface area contributed by atoms with Crippen LogP contribution in [0.3, 0.4) is 0 Å². The van der Waals surface area contributed by atoms with Gasteiger partial charge in [-0.15, -0.1) is 0 Å². The summed E-state index contributed by atoms with van der Waals surface area (Å²) in [6, 6.07) is 7.98. The third kappa shape index (κ3) is 4.71. The van der Waals surface area contributed by atoms with Crippen molar-refractivity contribution in [3.05, 3.63) is 35.9 Å². The van der Waals surface area contributed by atoms with E-state index in [0.29, 0.717) is 6.42 Å². The van der Waals surface area contributed by atoms with Crippen molar-refractivity contribution in [2.75, 3.05) is 0 Å². The number of carbonyl (C=O) groups is 2. The van der Waals surface area contributed by atoms with Crippen molar-refractivity contribution in [1.29, 1.82) is 0 Å². The maximum absolute atomic E-state index is 11.9. The number of carboxylic acid groups (broad SMARTS) is 1. The number of carbonyl (C=O) groups excluding carboxylic acids is 2. The molecule has 0 aliphatic heterocycles. The van der Waals surface area contributed by atoms with Gasteiger partial charge in [0, 0.05) is 6.42 Å². The maximum atomic E-state index is 11.9. The van der Waals surface area contributed by atoms with Crippen molar-refractivity contribution in [3.63, 3.8) is 0 Å². The smallest absolute Gasteiger partial charge is 0.279 e. The minimum Gasteiger partial charge on any atom is -0.548 e. The van der Waals surface area contributed by atoms with Gasteiger partial charge in [0.1, 0.15) is 0 Å². The molecule has 104 valence electrons. The molecule has 0 fully saturated rings. The van der Waals surface area contributed by atoms with Gasteiger partial charge in [-0.05, 0) is 11.5 Å². The molecule has 0 aliphatic rings. The second kappa shape index (κ2) is 6.89. The van der Waals surface area contributed by atoms with E-state index in [1.54, 1.807) is 13.8 Å². The maximum Gasteiger partial charge on any atom is 0.279 e. The van der Waals surface area contributed by atoms with E-state index in [9.17, 15) is 14.7 Å². The van der Waals surface area contributed by atoms with Crippen LogP contribution in [0.4, 0.5) is 0 Å². The van der Waals surface area contributed by atoms with Gasteiger partial charge in [0.2, 0.25) is 0 Å². The number of rotatable bonds is 6. The van der Waals surface area contributed by atoms with Crippen molar-refractivity contribution in [1.82, 2.24) is 5.32 Å². The fourth-order valence-corrected chi connectivity index (χ4v) is 1.76. The second-order valence-corrected chi connectivity index (χ2v) is 4.94. The molecule has 0 spiro atoms. The van der Waals surface area contributed by atoms with Crippen LogP contribution in [0.25, 0.3) is 0 Å². The largest absolute Gasteiger partial charge is 0.548 e. The Balaban J connectivity index is 2.60. The van der Waals surface area contributed by atoms with E-state index in [1.807, 2.05) is 30.3 Å². The summed E-state index contributed by atoms with van der Waals surface area (Å²) in [6.45, 7) is 3.44. The summed E-state index contributed by atoms with van der Waals surface area (Å²) >= 11 is 0. The van der Waals surface area contributed by atoms with Gasteiger partial charge in [0.15, 0.2) is 6.04 Å². The van der Waals surface area contributed by atoms with Crippen molar-refractivity contribution in [2.45, 2.75) is 32.4 Å². The average Bonchev–Trinajstić information content (AvgIpc) is 2.35. The highest BCUT2D eigenvalue weighted by Gasteiger charge is 2.23. The van der Waals surface area contributed by atoms with Gasteiger partial charge in [-0.3, -0.25) is 4.79 Å². The van der Waals surface area contributed by atoms with Crippen molar-refractivity contribution < 1.29 is 20.4 Å². The Hall–Kier alpha value is -1.88. The Kier molecular flexibility index (Phi) is 5.51. The minimum atomic E-state index is -1.27. The summed E-state index contributed by atoms with van der Waals surface area (Å²) in [4.78, 5) is 22.8. The lowest BCUT2D eigenvalue weighted by Gasteiger charge is -2.24. The summed E-state index contributed by atoms with van der Waals surface area (Å²) in [5, 5.41) is 13.4. The normalized spacial score (nSPS) is 13.9. The summed E-state index contributed by atoms with van der Waals surface area (Å²) in [7, 11) is 0. The topological polar surface area (TPSA) is 96.9 Å². The fraction of sp³-hybridized carbons (Fsp3) is 0.429. The van der Waals surface area contributed by atoms with E-state index in [1.165, 1.54) is 0 Å². The molecule has 5 nitrogen and oxygen atoms in total. The molecule has 0 radical (unpaired) electrons. The van der Waals surface area contributed by atoms with E-state index < -0.39 is 18.1 Å². The lowest BCUT2D eigenvalue weighted by atomic mass is 10.0. The molecule has 5 heteroatoms. The fourth-order valence-electron chi connectivity index (χ4n) is 1.76. The van der Waals surface area contributed by atoms with E-state index in [4.69, 9.17) is 0 Å². The molecule has 1 aromatic rings. The van der Waals surface area contributed by atoms with Crippen LogP contribution in [0.2, 0.25) is 0 Å². The molecule has 0 aromatic heterocycles. The monoisotopic (exact) mass is 264 g/mol. The lowest BCUT2D eigenvalue weighted by Crippen LogP contribution is -2.70. The zero-order valence-corrected chi connectivity index (χ0v) is 11.3. The molecule has 0 unspecified atom stereocenters. The van der Waals surface area contributed by atoms with Gasteiger partial charge < -0.3 is 21.0 Å². The molecule has 0 aliphatic carbocycles. The molecule has 1 rings (SSSR count). The predicted molar refractivity (Wildman–Crippen MR) is 68.6 cm³/mol. The SMILES string of the molecule is CC(C)[C@H](NC(=O)[C@@H]([NH3+])Cc1ccccc1)C(=O)[O-]. The number of nitrogens with one attached hydrogen (secondary N) is 1. The van der Waals surface area contributed by atoms with E-state index in [-0.39, 0.29) is 11.8 Å². The highest BCUT2D eigenvalue weighted by molar-refractivity contribution is 5.85. The van der Waals surface area contributed by atoms with Crippen LogP contribution in [0, 0.1) is 5.92 Å². The first kappa shape index (κ1) is 15.2. The first-order chi connectivity index (χ1) is 8.91. The minimum absolute atomic E-state index is 0.224. The summed E-state index contributed by atoms with van der Waals surface area (Å²) < 4.78 is 0. The van der Waals surface area contributed by atoms with E-state index in [2.05, 4.69) is 11.1 Å². The molecule has 2 atom stereocenters. The molecule has 1 amide bonds. The van der Waals surface area contributed by atoms with Crippen LogP contribution in [0.5, 0.6) is 0 Å². The molecule has 1 aromatic carbocycles. The first-order valence-corrected chi connectivity index (χ1v) is 6.30. The number of hydrogen-bond acceptors (Lipinski definition) is 3.